The minimum absolute atomic E-state index is 0. The van der Waals surface area contributed by atoms with Crippen LogP contribution in [0.25, 0.3) is 0 Å². The maximum Gasteiger partial charge on any atom is 1.00 e. The quantitative estimate of drug-likeness (QED) is 0.208. The van der Waals surface area contributed by atoms with E-state index in [-0.39, 0.29) is 236 Å². The molecule has 0 N–H and O–H groups in total. The van der Waals surface area contributed by atoms with Crippen LogP contribution in [-0.2, 0) is 18.3 Å². The molecule has 0 rings (SSSR count). The third kappa shape index (κ3) is 27.6. The molecule has 0 aromatic rings. The fourth-order valence-corrected chi connectivity index (χ4v) is 4.42. The molecule has 0 saturated carbocycles. The zero-order valence-electron chi connectivity index (χ0n) is 17.0. The molecule has 0 spiro atoms. The van der Waals surface area contributed by atoms with E-state index in [4.69, 9.17) is 0 Å². The molecule has 0 heterocycles. The van der Waals surface area contributed by atoms with Crippen molar-refractivity contribution in [3.63, 3.8) is 0 Å². The average Bonchev–Trinajstić information content (AvgIpc) is 2.02. The summed E-state index contributed by atoms with van der Waals surface area (Å²) in [5, 5.41) is 0. The average molecular weight is 556 g/mol. The van der Waals surface area contributed by atoms with Gasteiger partial charge in [-0.25, -0.2) is 8.88 Å². The number of hydrogen-bond acceptors (Lipinski definition) is 12. The van der Waals surface area contributed by atoms with Gasteiger partial charge in [-0.3, -0.25) is 0 Å². The van der Waals surface area contributed by atoms with Crippen LogP contribution < -0.4 is 276 Å². The van der Waals surface area contributed by atoms with Crippen molar-refractivity contribution < 1.29 is 294 Å². The van der Waals surface area contributed by atoms with Gasteiger partial charge in [0.2, 0.25) is 0 Å². The van der Waals surface area contributed by atoms with Crippen LogP contribution >= 0.6 is 31.0 Å². The molecule has 28 heavy (non-hydrogen) atoms. The molecule has 14 nitrogen and oxygen atoms in total. The van der Waals surface area contributed by atoms with Crippen LogP contribution in [0.1, 0.15) is 0 Å². The molecule has 0 unspecified atom stereocenters. The van der Waals surface area contributed by atoms with E-state index in [0.29, 0.717) is 0 Å². The van der Waals surface area contributed by atoms with Crippen molar-refractivity contribution >= 4 is 31.0 Å². The third-order valence-electron chi connectivity index (χ3n) is 1.63. The smallest absolute Gasteiger partial charge is 0.799 e. The Hall–Kier alpha value is 8.52. The first-order valence-electron chi connectivity index (χ1n) is 4.12. The van der Waals surface area contributed by atoms with E-state index in [9.17, 15) is 57.4 Å². The van der Waals surface area contributed by atoms with Crippen LogP contribution in [0.3, 0.4) is 0 Å². The molecule has 0 atom stereocenters. The number of rotatable bonds is 7. The molecule has 122 valence electrons. The van der Waals surface area contributed by atoms with Crippen molar-refractivity contribution in [1.82, 2.24) is 8.88 Å². The Kier molecular flexibility index (Phi) is 56.0. The molecule has 0 aliphatic carbocycles. The normalized spacial score (nSPS) is 10.8. The SMILES string of the molecule is O=P([O-])([O-])N(CCN(P(=O)([O-])[O-])P(=O)([O-])[O-])P(=O)([O-])[O-].[Na+].[Na+].[Na+].[Na+].[Na+].[Na+].[Na+].[Na+]. The van der Waals surface area contributed by atoms with Crippen LogP contribution in [0.4, 0.5) is 0 Å². The van der Waals surface area contributed by atoms with Crippen molar-refractivity contribution in [2.45, 2.75) is 0 Å². The summed E-state index contributed by atoms with van der Waals surface area (Å²) in [6.45, 7) is -3.64. The van der Waals surface area contributed by atoms with E-state index in [2.05, 4.69) is 0 Å². The van der Waals surface area contributed by atoms with Gasteiger partial charge in [-0.2, -0.15) is 0 Å². The Morgan fingerprint density at radius 3 is 0.571 bits per heavy atom. The van der Waals surface area contributed by atoms with Crippen molar-refractivity contribution in [1.29, 1.82) is 0 Å². The molecule has 0 saturated heterocycles. The second kappa shape index (κ2) is 25.8. The molecular formula is C2H4N2Na8O12P4. The van der Waals surface area contributed by atoms with E-state index < -0.39 is 53.0 Å². The maximum atomic E-state index is 10.4. The molecule has 0 bridgehead atoms. The Bertz CT molecular complexity index is 452. The van der Waals surface area contributed by atoms with Crippen LogP contribution in [0.5, 0.6) is 0 Å². The zero-order chi connectivity index (χ0) is 16.6. The summed E-state index contributed by atoms with van der Waals surface area (Å²) < 4.78 is 39.2. The predicted octanol–water partition coefficient (Wildman–Crippen LogP) is -31.1. The van der Waals surface area contributed by atoms with Crippen LogP contribution in [0.2, 0.25) is 0 Å². The second-order valence-corrected chi connectivity index (χ2v) is 9.38. The first-order valence-corrected chi connectivity index (χ1v) is 10.1. The van der Waals surface area contributed by atoms with Gasteiger partial charge in [0, 0.05) is 44.1 Å². The van der Waals surface area contributed by atoms with E-state index >= 15 is 0 Å². The molecule has 0 aliphatic rings. The molecule has 0 aliphatic heterocycles. The second-order valence-electron chi connectivity index (χ2n) is 3.07. The van der Waals surface area contributed by atoms with Crippen molar-refractivity contribution in [2.24, 2.45) is 0 Å². The molecule has 0 fully saturated rings. The van der Waals surface area contributed by atoms with Gasteiger partial charge in [0.15, 0.2) is 0 Å². The summed E-state index contributed by atoms with van der Waals surface area (Å²) in [7, 11) is -24.9. The summed E-state index contributed by atoms with van der Waals surface area (Å²) in [5.41, 5.74) is 0. The summed E-state index contributed by atoms with van der Waals surface area (Å²) in [5.74, 6) is 0. The first kappa shape index (κ1) is 60.8. The third-order valence-corrected chi connectivity index (χ3v) is 7.32. The summed E-state index contributed by atoms with van der Waals surface area (Å²) in [4.78, 5) is 83.6. The summed E-state index contributed by atoms with van der Waals surface area (Å²) >= 11 is 0. The van der Waals surface area contributed by atoms with Gasteiger partial charge in [-0.05, 0) is 0 Å². The van der Waals surface area contributed by atoms with Gasteiger partial charge in [0.25, 0.3) is 0 Å². The standard InChI is InChI=1S/C2H12N2O12P4.8Na/c5-17(6,7)3(18(8,9)10)1-2-4(19(11,12)13)20(14,15)16;;;;;;;;/h1-2H2,(H2,5,6,7)(H2,8,9,10)(H2,11,12,13)(H2,14,15,16);;;;;;;;/q;8*+1/p-8. The summed E-state index contributed by atoms with van der Waals surface area (Å²) in [6, 6.07) is 0. The van der Waals surface area contributed by atoms with Gasteiger partial charge < -0.3 is 57.4 Å². The van der Waals surface area contributed by atoms with E-state index in [0.717, 1.165) is 0 Å². The first-order chi connectivity index (χ1) is 8.47. The fraction of sp³-hybridized carbons (Fsp3) is 1.00. The zero-order valence-corrected chi connectivity index (χ0v) is 36.6. The van der Waals surface area contributed by atoms with Crippen LogP contribution in [-0.4, -0.2) is 22.0 Å². The Balaban J connectivity index is -0.0000000645. The van der Waals surface area contributed by atoms with Gasteiger partial charge >= 0.3 is 236 Å². The van der Waals surface area contributed by atoms with Gasteiger partial charge in [-0.1, -0.05) is 0 Å². The van der Waals surface area contributed by atoms with Gasteiger partial charge in [0.05, 0.1) is 0 Å². The van der Waals surface area contributed by atoms with E-state index in [1.807, 2.05) is 0 Å². The number of nitrogens with zero attached hydrogens (tertiary/aromatic N) is 2. The van der Waals surface area contributed by atoms with Crippen molar-refractivity contribution in [3.05, 3.63) is 0 Å². The van der Waals surface area contributed by atoms with Crippen LogP contribution in [0, 0.1) is 0 Å². The van der Waals surface area contributed by atoms with E-state index in [1.165, 1.54) is 0 Å². The molecule has 0 amide bonds. The Morgan fingerprint density at radius 2 is 0.500 bits per heavy atom. The van der Waals surface area contributed by atoms with Crippen LogP contribution in [0.15, 0.2) is 0 Å². The van der Waals surface area contributed by atoms with Crippen molar-refractivity contribution in [3.8, 4) is 0 Å². The maximum absolute atomic E-state index is 10.4. The van der Waals surface area contributed by atoms with Gasteiger partial charge in [0.1, 0.15) is 0 Å². The van der Waals surface area contributed by atoms with E-state index in [1.54, 1.807) is 0 Å². The minimum atomic E-state index is -6.23. The minimum Gasteiger partial charge on any atom is -0.799 e. The molecule has 26 heteroatoms. The number of hydrogen-bond donors (Lipinski definition) is 0. The molecule has 0 radical (unpaired) electrons. The molecular weight excluding hydrogens is 552 g/mol. The monoisotopic (exact) mass is 556 g/mol. The van der Waals surface area contributed by atoms with Gasteiger partial charge in [-0.15, -0.1) is 0 Å². The van der Waals surface area contributed by atoms with Crippen molar-refractivity contribution in [2.75, 3.05) is 13.1 Å². The Labute approximate surface area is 338 Å². The predicted molar refractivity (Wildman–Crippen MR) is 43.8 cm³/mol. The largest absolute Gasteiger partial charge is 1.00 e. The fourth-order valence-electron chi connectivity index (χ4n) is 0.937. The molecule has 0 aromatic carbocycles. The Morgan fingerprint density at radius 1 is 0.393 bits per heavy atom. The summed E-state index contributed by atoms with van der Waals surface area (Å²) in [6.07, 6.45) is 0. The topological polar surface area (TPSA) is 259 Å². The molecule has 0 aromatic heterocycles.